The summed E-state index contributed by atoms with van der Waals surface area (Å²) in [5.41, 5.74) is 9.18. The molecule has 0 bridgehead atoms. The smallest absolute Gasteiger partial charge is 0.253 e. The van der Waals surface area contributed by atoms with Gasteiger partial charge in [-0.3, -0.25) is 9.59 Å². The van der Waals surface area contributed by atoms with E-state index in [2.05, 4.69) is 17.4 Å². The summed E-state index contributed by atoms with van der Waals surface area (Å²) in [6.07, 6.45) is 4.31. The number of carbonyl (C=O) groups is 2. The number of rotatable bonds is 5. The van der Waals surface area contributed by atoms with Crippen LogP contribution in [-0.2, 0) is 11.3 Å². The Hall–Kier alpha value is -2.66. The Morgan fingerprint density at radius 3 is 2.34 bits per heavy atom. The molecule has 1 aliphatic carbocycles. The van der Waals surface area contributed by atoms with Crippen LogP contribution in [0.25, 0.3) is 0 Å². The van der Waals surface area contributed by atoms with Gasteiger partial charge >= 0.3 is 0 Å². The largest absolute Gasteiger partial charge is 0.352 e. The number of likely N-dealkylation sites (tertiary alicyclic amines) is 1. The molecule has 5 nitrogen and oxygen atoms in total. The van der Waals surface area contributed by atoms with Crippen molar-refractivity contribution in [3.05, 3.63) is 71.3 Å². The molecule has 3 N–H and O–H groups in total. The number of nitrogens with one attached hydrogen (secondary N) is 1. The molecule has 29 heavy (non-hydrogen) atoms. The van der Waals surface area contributed by atoms with Crippen LogP contribution < -0.4 is 11.1 Å². The normalized spacial score (nSPS) is 22.0. The molecule has 2 atom stereocenters. The number of benzene rings is 2. The van der Waals surface area contributed by atoms with Gasteiger partial charge in [-0.2, -0.15) is 0 Å². The molecular weight excluding hydrogens is 362 g/mol. The summed E-state index contributed by atoms with van der Waals surface area (Å²) >= 11 is 0. The van der Waals surface area contributed by atoms with Crippen LogP contribution in [0.2, 0.25) is 0 Å². The van der Waals surface area contributed by atoms with E-state index in [1.54, 1.807) is 0 Å². The molecule has 0 unspecified atom stereocenters. The minimum atomic E-state index is -0.0496. The van der Waals surface area contributed by atoms with Gasteiger partial charge < -0.3 is 16.0 Å². The lowest BCUT2D eigenvalue weighted by molar-refractivity contribution is -0.124. The molecule has 0 radical (unpaired) electrons. The Morgan fingerprint density at radius 1 is 0.966 bits per heavy atom. The summed E-state index contributed by atoms with van der Waals surface area (Å²) < 4.78 is 0. The molecule has 2 aromatic carbocycles. The highest BCUT2D eigenvalue weighted by Gasteiger charge is 2.34. The third-order valence-electron chi connectivity index (χ3n) is 6.27. The quantitative estimate of drug-likeness (QED) is 0.823. The first-order chi connectivity index (χ1) is 14.1. The predicted octanol–water partition coefficient (Wildman–Crippen LogP) is 3.06. The summed E-state index contributed by atoms with van der Waals surface area (Å²) in [5, 5.41) is 3.02. The van der Waals surface area contributed by atoms with Crippen LogP contribution in [0.3, 0.4) is 0 Å². The molecule has 2 aliphatic rings. The number of nitrogens with two attached hydrogens (primary N) is 1. The SMILES string of the molecule is N[C@@H]1CN(C(=O)c2ccc(CNC(=O)C3CCCC3)cc2)C[C@H]1c1ccccc1. The first-order valence-electron chi connectivity index (χ1n) is 10.6. The monoisotopic (exact) mass is 391 g/mol. The van der Waals surface area contributed by atoms with Gasteiger partial charge in [0.05, 0.1) is 0 Å². The lowest BCUT2D eigenvalue weighted by Crippen LogP contribution is -2.32. The summed E-state index contributed by atoms with van der Waals surface area (Å²) in [6.45, 7) is 1.72. The second-order valence-corrected chi connectivity index (χ2v) is 8.29. The van der Waals surface area contributed by atoms with E-state index in [0.717, 1.165) is 31.2 Å². The second-order valence-electron chi connectivity index (χ2n) is 8.29. The molecule has 1 heterocycles. The molecule has 0 aromatic heterocycles. The van der Waals surface area contributed by atoms with Crippen molar-refractivity contribution in [1.29, 1.82) is 0 Å². The van der Waals surface area contributed by atoms with Crippen molar-refractivity contribution in [2.75, 3.05) is 13.1 Å². The highest BCUT2D eigenvalue weighted by Crippen LogP contribution is 2.27. The van der Waals surface area contributed by atoms with E-state index in [0.29, 0.717) is 25.2 Å². The molecule has 1 saturated heterocycles. The molecule has 2 fully saturated rings. The van der Waals surface area contributed by atoms with Crippen molar-refractivity contribution in [2.45, 2.75) is 44.2 Å². The number of hydrogen-bond donors (Lipinski definition) is 2. The average molecular weight is 392 g/mol. The van der Waals surface area contributed by atoms with Crippen LogP contribution in [0, 0.1) is 5.92 Å². The fourth-order valence-electron chi connectivity index (χ4n) is 4.52. The molecule has 5 heteroatoms. The third-order valence-corrected chi connectivity index (χ3v) is 6.27. The van der Waals surface area contributed by atoms with E-state index in [1.807, 2.05) is 47.4 Å². The summed E-state index contributed by atoms with van der Waals surface area (Å²) in [6, 6.07) is 17.7. The standard InChI is InChI=1S/C24H29N3O2/c25-22-16-27(15-21(22)18-6-2-1-3-7-18)24(29)20-12-10-17(11-13-20)14-26-23(28)19-8-4-5-9-19/h1-3,6-7,10-13,19,21-22H,4-5,8-9,14-16,25H2,(H,26,28)/t21-,22+/m0/s1. The summed E-state index contributed by atoms with van der Waals surface area (Å²) in [4.78, 5) is 26.9. The molecule has 4 rings (SSSR count). The third kappa shape index (κ3) is 4.51. The van der Waals surface area contributed by atoms with Crippen LogP contribution in [0.1, 0.15) is 53.1 Å². The topological polar surface area (TPSA) is 75.4 Å². The Labute approximate surface area is 172 Å². The first kappa shape index (κ1) is 19.6. The molecule has 1 aliphatic heterocycles. The minimum Gasteiger partial charge on any atom is -0.352 e. The number of carbonyl (C=O) groups excluding carboxylic acids is 2. The van der Waals surface area contributed by atoms with Gasteiger partial charge in [0.1, 0.15) is 0 Å². The van der Waals surface area contributed by atoms with Gasteiger partial charge in [-0.25, -0.2) is 0 Å². The zero-order chi connectivity index (χ0) is 20.2. The lowest BCUT2D eigenvalue weighted by Gasteiger charge is -2.17. The van der Waals surface area contributed by atoms with Crippen molar-refractivity contribution in [3.63, 3.8) is 0 Å². The van der Waals surface area contributed by atoms with E-state index < -0.39 is 0 Å². The van der Waals surface area contributed by atoms with E-state index in [4.69, 9.17) is 5.73 Å². The van der Waals surface area contributed by atoms with Gasteiger partial charge in [-0.1, -0.05) is 55.3 Å². The summed E-state index contributed by atoms with van der Waals surface area (Å²) in [5.74, 6) is 0.513. The highest BCUT2D eigenvalue weighted by molar-refractivity contribution is 5.94. The maximum atomic E-state index is 12.9. The van der Waals surface area contributed by atoms with Crippen LogP contribution in [0.5, 0.6) is 0 Å². The Bertz CT molecular complexity index is 844. The average Bonchev–Trinajstić information content (AvgIpc) is 3.43. The van der Waals surface area contributed by atoms with E-state index in [-0.39, 0.29) is 29.7 Å². The Balaban J connectivity index is 1.34. The fraction of sp³-hybridized carbons (Fsp3) is 0.417. The van der Waals surface area contributed by atoms with Gasteiger partial charge in [0.2, 0.25) is 5.91 Å². The van der Waals surface area contributed by atoms with E-state index >= 15 is 0 Å². The van der Waals surface area contributed by atoms with Gasteiger partial charge in [-0.05, 0) is 36.1 Å². The van der Waals surface area contributed by atoms with Gasteiger partial charge in [-0.15, -0.1) is 0 Å². The maximum Gasteiger partial charge on any atom is 0.253 e. The number of amides is 2. The molecule has 152 valence electrons. The van der Waals surface area contributed by atoms with Crippen molar-refractivity contribution in [2.24, 2.45) is 11.7 Å². The predicted molar refractivity (Wildman–Crippen MR) is 113 cm³/mol. The van der Waals surface area contributed by atoms with Crippen molar-refractivity contribution >= 4 is 11.8 Å². The van der Waals surface area contributed by atoms with Crippen LogP contribution in [0.4, 0.5) is 0 Å². The number of nitrogens with zero attached hydrogens (tertiary/aromatic N) is 1. The van der Waals surface area contributed by atoms with E-state index in [1.165, 1.54) is 5.56 Å². The van der Waals surface area contributed by atoms with Gasteiger partial charge in [0.15, 0.2) is 0 Å². The molecule has 0 spiro atoms. The maximum absolute atomic E-state index is 12.9. The Kier molecular flexibility index (Phi) is 5.95. The van der Waals surface area contributed by atoms with Crippen molar-refractivity contribution in [1.82, 2.24) is 10.2 Å². The Morgan fingerprint density at radius 2 is 1.66 bits per heavy atom. The van der Waals surface area contributed by atoms with Gasteiger partial charge in [0.25, 0.3) is 5.91 Å². The second kappa shape index (κ2) is 8.78. The zero-order valence-corrected chi connectivity index (χ0v) is 16.7. The van der Waals surface area contributed by atoms with Crippen molar-refractivity contribution in [3.8, 4) is 0 Å². The van der Waals surface area contributed by atoms with E-state index in [9.17, 15) is 9.59 Å². The van der Waals surface area contributed by atoms with Crippen LogP contribution >= 0.6 is 0 Å². The van der Waals surface area contributed by atoms with Crippen LogP contribution in [0.15, 0.2) is 54.6 Å². The summed E-state index contributed by atoms with van der Waals surface area (Å²) in [7, 11) is 0. The number of hydrogen-bond acceptors (Lipinski definition) is 3. The lowest BCUT2D eigenvalue weighted by atomic mass is 9.95. The van der Waals surface area contributed by atoms with Gasteiger partial charge in [0, 0.05) is 43.1 Å². The van der Waals surface area contributed by atoms with Crippen molar-refractivity contribution < 1.29 is 9.59 Å². The molecule has 2 amide bonds. The van der Waals surface area contributed by atoms with Crippen LogP contribution in [-0.4, -0.2) is 35.8 Å². The zero-order valence-electron chi connectivity index (χ0n) is 16.7. The highest BCUT2D eigenvalue weighted by atomic mass is 16.2. The molecule has 1 saturated carbocycles. The first-order valence-corrected chi connectivity index (χ1v) is 10.6. The molecular formula is C24H29N3O2. The minimum absolute atomic E-state index is 0.0143. The fourth-order valence-corrected chi connectivity index (χ4v) is 4.52. The molecule has 2 aromatic rings.